The highest BCUT2D eigenvalue weighted by atomic mass is 32.2. The molecule has 1 aromatic heterocycles. The SMILES string of the molecule is O=c1[nH]c(CNS(=O)(=O)N2CCCCC2CO)cs1. The van der Waals surface area contributed by atoms with Crippen molar-refractivity contribution in [2.24, 2.45) is 0 Å². The van der Waals surface area contributed by atoms with E-state index in [1.165, 1.54) is 4.31 Å². The number of aliphatic hydroxyl groups is 1. The lowest BCUT2D eigenvalue weighted by molar-refractivity contribution is 0.154. The maximum absolute atomic E-state index is 12.2. The fourth-order valence-corrected chi connectivity index (χ4v) is 4.14. The van der Waals surface area contributed by atoms with Crippen molar-refractivity contribution < 1.29 is 13.5 Å². The molecule has 1 aliphatic heterocycles. The molecule has 108 valence electrons. The van der Waals surface area contributed by atoms with Crippen LogP contribution in [0, 0.1) is 0 Å². The molecule has 1 aromatic rings. The van der Waals surface area contributed by atoms with Crippen molar-refractivity contribution in [2.75, 3.05) is 13.2 Å². The minimum Gasteiger partial charge on any atom is -0.395 e. The summed E-state index contributed by atoms with van der Waals surface area (Å²) >= 11 is 0.996. The number of rotatable bonds is 5. The average Bonchev–Trinajstić information content (AvgIpc) is 2.82. The molecular weight excluding hydrogens is 290 g/mol. The summed E-state index contributed by atoms with van der Waals surface area (Å²) in [6, 6.07) is -0.354. The smallest absolute Gasteiger partial charge is 0.304 e. The van der Waals surface area contributed by atoms with Gasteiger partial charge < -0.3 is 10.1 Å². The summed E-state index contributed by atoms with van der Waals surface area (Å²) < 4.78 is 28.1. The molecule has 0 aromatic carbocycles. The van der Waals surface area contributed by atoms with Crippen LogP contribution in [0.25, 0.3) is 0 Å². The zero-order valence-electron chi connectivity index (χ0n) is 10.3. The molecule has 1 aliphatic rings. The summed E-state index contributed by atoms with van der Waals surface area (Å²) in [6.07, 6.45) is 2.40. The molecule has 0 spiro atoms. The van der Waals surface area contributed by atoms with Gasteiger partial charge in [-0.25, -0.2) is 0 Å². The molecule has 1 fully saturated rings. The third-order valence-corrected chi connectivity index (χ3v) is 5.43. The minimum absolute atomic E-state index is 0.0513. The first kappa shape index (κ1) is 14.7. The van der Waals surface area contributed by atoms with Crippen LogP contribution < -0.4 is 9.60 Å². The van der Waals surface area contributed by atoms with Crippen molar-refractivity contribution in [2.45, 2.75) is 31.8 Å². The summed E-state index contributed by atoms with van der Waals surface area (Å²) in [5, 5.41) is 10.8. The van der Waals surface area contributed by atoms with Gasteiger partial charge in [0.1, 0.15) is 0 Å². The number of hydrogen-bond donors (Lipinski definition) is 3. The van der Waals surface area contributed by atoms with Gasteiger partial charge in [0.25, 0.3) is 10.2 Å². The number of nitrogens with zero attached hydrogens (tertiary/aromatic N) is 1. The molecule has 2 rings (SSSR count). The Morgan fingerprint density at radius 2 is 2.32 bits per heavy atom. The average molecular weight is 307 g/mol. The summed E-state index contributed by atoms with van der Waals surface area (Å²) in [6.45, 7) is 0.298. The first-order valence-electron chi connectivity index (χ1n) is 6.07. The van der Waals surface area contributed by atoms with E-state index >= 15 is 0 Å². The highest BCUT2D eigenvalue weighted by molar-refractivity contribution is 7.87. The number of piperidine rings is 1. The fourth-order valence-electron chi connectivity index (χ4n) is 2.13. The molecule has 0 amide bonds. The standard InChI is InChI=1S/C10H17N3O4S2/c14-6-9-3-1-2-4-13(9)19(16,17)11-5-8-7-18-10(15)12-8/h7,9,11,14H,1-6H2,(H,12,15). The van der Waals surface area contributed by atoms with Crippen molar-refractivity contribution >= 4 is 21.5 Å². The van der Waals surface area contributed by atoms with Crippen LogP contribution >= 0.6 is 11.3 Å². The van der Waals surface area contributed by atoms with Gasteiger partial charge in [-0.1, -0.05) is 17.8 Å². The lowest BCUT2D eigenvalue weighted by Crippen LogP contribution is -2.50. The van der Waals surface area contributed by atoms with E-state index in [1.54, 1.807) is 5.38 Å². The van der Waals surface area contributed by atoms with Crippen molar-refractivity contribution in [1.82, 2.24) is 14.0 Å². The summed E-state index contributed by atoms with van der Waals surface area (Å²) in [5.41, 5.74) is 0.538. The van der Waals surface area contributed by atoms with Gasteiger partial charge in [0, 0.05) is 23.7 Å². The van der Waals surface area contributed by atoms with E-state index in [2.05, 4.69) is 9.71 Å². The van der Waals surface area contributed by atoms with Crippen LogP contribution in [0.3, 0.4) is 0 Å². The van der Waals surface area contributed by atoms with Gasteiger partial charge in [0.15, 0.2) is 0 Å². The predicted octanol–water partition coefficient (Wildman–Crippen LogP) is -0.382. The minimum atomic E-state index is -3.63. The van der Waals surface area contributed by atoms with E-state index in [0.29, 0.717) is 18.7 Å². The Morgan fingerprint density at radius 1 is 1.53 bits per heavy atom. The maximum atomic E-state index is 12.2. The Labute approximate surface area is 115 Å². The third kappa shape index (κ3) is 3.63. The Morgan fingerprint density at radius 3 is 2.95 bits per heavy atom. The number of hydrogen-bond acceptors (Lipinski definition) is 5. The Hall–Kier alpha value is -0.740. The Kier molecular flexibility index (Phi) is 4.74. The molecule has 0 saturated carbocycles. The van der Waals surface area contributed by atoms with Crippen molar-refractivity contribution in [3.05, 3.63) is 20.7 Å². The molecule has 3 N–H and O–H groups in total. The molecule has 1 saturated heterocycles. The summed E-state index contributed by atoms with van der Waals surface area (Å²) in [4.78, 5) is 13.3. The van der Waals surface area contributed by atoms with Crippen LogP contribution in [-0.2, 0) is 16.8 Å². The third-order valence-electron chi connectivity index (χ3n) is 3.11. The number of nitrogens with one attached hydrogen (secondary N) is 2. The number of thiazole rings is 1. The van der Waals surface area contributed by atoms with Crippen LogP contribution in [0.15, 0.2) is 10.2 Å². The molecule has 2 heterocycles. The van der Waals surface area contributed by atoms with Crippen molar-refractivity contribution in [1.29, 1.82) is 0 Å². The normalized spacial score (nSPS) is 21.6. The second kappa shape index (κ2) is 6.14. The zero-order chi connectivity index (χ0) is 13.9. The molecule has 0 aliphatic carbocycles. The van der Waals surface area contributed by atoms with E-state index in [1.807, 2.05) is 0 Å². The Balaban J connectivity index is 2.02. The largest absolute Gasteiger partial charge is 0.395 e. The van der Waals surface area contributed by atoms with E-state index in [0.717, 1.165) is 24.2 Å². The zero-order valence-corrected chi connectivity index (χ0v) is 12.0. The van der Waals surface area contributed by atoms with Crippen LogP contribution in [0.5, 0.6) is 0 Å². The first-order valence-corrected chi connectivity index (χ1v) is 8.39. The van der Waals surface area contributed by atoms with E-state index in [9.17, 15) is 18.3 Å². The summed E-state index contributed by atoms with van der Waals surface area (Å²) in [5.74, 6) is 0. The monoisotopic (exact) mass is 307 g/mol. The highest BCUT2D eigenvalue weighted by Gasteiger charge is 2.31. The van der Waals surface area contributed by atoms with Gasteiger partial charge in [0.2, 0.25) is 0 Å². The highest BCUT2D eigenvalue weighted by Crippen LogP contribution is 2.19. The Bertz CT molecular complexity index is 565. The molecule has 0 bridgehead atoms. The lowest BCUT2D eigenvalue weighted by atomic mass is 10.1. The lowest BCUT2D eigenvalue weighted by Gasteiger charge is -2.33. The molecule has 19 heavy (non-hydrogen) atoms. The van der Waals surface area contributed by atoms with Gasteiger partial charge in [-0.15, -0.1) is 0 Å². The predicted molar refractivity (Wildman–Crippen MR) is 72.1 cm³/mol. The topological polar surface area (TPSA) is 102 Å². The molecular formula is C10H17N3O4S2. The van der Waals surface area contributed by atoms with Gasteiger partial charge in [-0.05, 0) is 12.8 Å². The van der Waals surface area contributed by atoms with E-state index < -0.39 is 10.2 Å². The van der Waals surface area contributed by atoms with E-state index in [4.69, 9.17) is 0 Å². The maximum Gasteiger partial charge on any atom is 0.304 e. The molecule has 9 heteroatoms. The molecule has 1 unspecified atom stereocenters. The second-order valence-corrected chi connectivity index (χ2v) is 6.99. The van der Waals surface area contributed by atoms with Crippen LogP contribution in [0.4, 0.5) is 0 Å². The number of H-pyrrole nitrogens is 1. The molecule has 0 radical (unpaired) electrons. The number of aromatic nitrogens is 1. The van der Waals surface area contributed by atoms with Crippen molar-refractivity contribution in [3.8, 4) is 0 Å². The molecule has 1 atom stereocenters. The fraction of sp³-hybridized carbons (Fsp3) is 0.700. The molecule has 7 nitrogen and oxygen atoms in total. The second-order valence-electron chi connectivity index (χ2n) is 4.44. The summed E-state index contributed by atoms with van der Waals surface area (Å²) in [7, 11) is -3.63. The van der Waals surface area contributed by atoms with E-state index in [-0.39, 0.29) is 24.1 Å². The van der Waals surface area contributed by atoms with Crippen molar-refractivity contribution in [3.63, 3.8) is 0 Å². The number of aliphatic hydroxyl groups excluding tert-OH is 1. The van der Waals surface area contributed by atoms with Crippen LogP contribution in [0.1, 0.15) is 25.0 Å². The first-order chi connectivity index (χ1) is 9.03. The number of aromatic amines is 1. The van der Waals surface area contributed by atoms with Gasteiger partial charge in [-0.2, -0.15) is 17.4 Å². The van der Waals surface area contributed by atoms with Crippen LogP contribution in [-0.4, -0.2) is 42.0 Å². The van der Waals surface area contributed by atoms with Gasteiger partial charge >= 0.3 is 4.87 Å². The quantitative estimate of drug-likeness (QED) is 0.690. The van der Waals surface area contributed by atoms with Crippen LogP contribution in [0.2, 0.25) is 0 Å². The van der Waals surface area contributed by atoms with Gasteiger partial charge in [0.05, 0.1) is 13.2 Å². The van der Waals surface area contributed by atoms with Gasteiger partial charge in [-0.3, -0.25) is 4.79 Å².